The van der Waals surface area contributed by atoms with Crippen LogP contribution in [0.3, 0.4) is 0 Å². The van der Waals surface area contributed by atoms with Crippen molar-refractivity contribution in [1.82, 2.24) is 0 Å². The van der Waals surface area contributed by atoms with Crippen LogP contribution in [0.5, 0.6) is 0 Å². The molecule has 52 valence electrons. The van der Waals surface area contributed by atoms with Gasteiger partial charge in [0.1, 0.15) is 0 Å². The molecule has 1 fully saturated rings. The lowest BCUT2D eigenvalue weighted by molar-refractivity contribution is 0.0359. The second-order valence-corrected chi connectivity index (χ2v) is 3.98. The molecule has 0 nitrogen and oxygen atoms in total. The third-order valence-electron chi connectivity index (χ3n) is 3.59. The second-order valence-electron chi connectivity index (χ2n) is 3.98. The first-order chi connectivity index (χ1) is 4.91. The van der Waals surface area contributed by atoms with E-state index in [1.165, 1.54) is 19.3 Å². The molecule has 0 aromatic rings. The quantitative estimate of drug-likeness (QED) is 0.444. The van der Waals surface area contributed by atoms with Crippen LogP contribution in [-0.2, 0) is 0 Å². The van der Waals surface area contributed by atoms with E-state index >= 15 is 0 Å². The van der Waals surface area contributed by atoms with Crippen molar-refractivity contribution >= 4 is 0 Å². The summed E-state index contributed by atoms with van der Waals surface area (Å²) in [7, 11) is 0. The molecule has 0 N–H and O–H groups in total. The lowest BCUT2D eigenvalue weighted by Gasteiger charge is -2.53. The largest absolute Gasteiger partial charge is 0.0876 e. The molecule has 1 spiro atoms. The van der Waals surface area contributed by atoms with E-state index in [-0.39, 0.29) is 0 Å². The number of allylic oxidation sites excluding steroid dienone is 4. The van der Waals surface area contributed by atoms with Gasteiger partial charge in [-0.1, -0.05) is 24.3 Å². The van der Waals surface area contributed by atoms with Crippen LogP contribution >= 0.6 is 0 Å². The number of hydrogen-bond acceptors (Lipinski definition) is 0. The molecule has 0 amide bonds. The molecule has 0 radical (unpaired) electrons. The summed E-state index contributed by atoms with van der Waals surface area (Å²) < 4.78 is 0. The molecule has 0 heteroatoms. The molecule has 2 bridgehead atoms. The summed E-state index contributed by atoms with van der Waals surface area (Å²) in [6.45, 7) is 0. The Morgan fingerprint density at radius 2 is 2.30 bits per heavy atom. The van der Waals surface area contributed by atoms with Crippen molar-refractivity contribution in [2.75, 3.05) is 0 Å². The molecule has 10 heavy (non-hydrogen) atoms. The molecule has 0 saturated heterocycles. The van der Waals surface area contributed by atoms with Crippen LogP contribution in [0.25, 0.3) is 0 Å². The van der Waals surface area contributed by atoms with Gasteiger partial charge in [-0.2, -0.15) is 0 Å². The topological polar surface area (TPSA) is 0 Å². The third kappa shape index (κ3) is 0.387. The molecular weight excluding hydrogens is 120 g/mol. The maximum absolute atomic E-state index is 2.47. The van der Waals surface area contributed by atoms with Crippen molar-refractivity contribution in [3.05, 3.63) is 24.3 Å². The zero-order valence-corrected chi connectivity index (χ0v) is 6.09. The molecule has 3 aliphatic rings. The fraction of sp³-hybridized carbons (Fsp3) is 0.600. The Kier molecular flexibility index (Phi) is 0.719. The van der Waals surface area contributed by atoms with Crippen molar-refractivity contribution in [2.24, 2.45) is 17.3 Å². The Morgan fingerprint density at radius 1 is 1.30 bits per heavy atom. The van der Waals surface area contributed by atoms with Gasteiger partial charge in [-0.05, 0) is 36.5 Å². The van der Waals surface area contributed by atoms with Crippen LogP contribution in [0.15, 0.2) is 24.3 Å². The Labute approximate surface area is 61.6 Å². The van der Waals surface area contributed by atoms with E-state index in [0.29, 0.717) is 5.41 Å². The van der Waals surface area contributed by atoms with Crippen LogP contribution in [-0.4, -0.2) is 0 Å². The average molecular weight is 132 g/mol. The van der Waals surface area contributed by atoms with Gasteiger partial charge < -0.3 is 0 Å². The zero-order chi connectivity index (χ0) is 6.60. The summed E-state index contributed by atoms with van der Waals surface area (Å²) >= 11 is 0. The average Bonchev–Trinajstić information content (AvgIpc) is 2.29. The maximum atomic E-state index is 2.47. The van der Waals surface area contributed by atoms with E-state index in [9.17, 15) is 0 Å². The minimum Gasteiger partial charge on any atom is -0.0876 e. The van der Waals surface area contributed by atoms with Gasteiger partial charge in [0.15, 0.2) is 0 Å². The van der Waals surface area contributed by atoms with Crippen molar-refractivity contribution in [1.29, 1.82) is 0 Å². The van der Waals surface area contributed by atoms with Crippen molar-refractivity contribution in [3.8, 4) is 0 Å². The highest BCUT2D eigenvalue weighted by Gasteiger charge is 2.53. The molecule has 0 aliphatic heterocycles. The predicted octanol–water partition coefficient (Wildman–Crippen LogP) is 2.53. The van der Waals surface area contributed by atoms with Crippen LogP contribution in [0.4, 0.5) is 0 Å². The number of hydrogen-bond donors (Lipinski definition) is 0. The van der Waals surface area contributed by atoms with E-state index in [0.717, 1.165) is 11.8 Å². The minimum absolute atomic E-state index is 0.666. The molecule has 0 heterocycles. The van der Waals surface area contributed by atoms with Crippen LogP contribution in [0.2, 0.25) is 0 Å². The molecule has 0 aromatic heterocycles. The Morgan fingerprint density at radius 3 is 3.10 bits per heavy atom. The minimum atomic E-state index is 0.666. The molecule has 3 unspecified atom stereocenters. The first-order valence-electron chi connectivity index (χ1n) is 4.25. The summed E-state index contributed by atoms with van der Waals surface area (Å²) in [5, 5.41) is 0. The van der Waals surface area contributed by atoms with Gasteiger partial charge in [0, 0.05) is 0 Å². The summed E-state index contributed by atoms with van der Waals surface area (Å²) in [5.74, 6) is 1.96. The standard InChI is InChI=1S/C10H12/c1-3-8-7-10(5-1)6-2-4-9(8)10/h1-3,6,8-9H,4-5,7H2. The lowest BCUT2D eigenvalue weighted by atomic mass is 9.51. The smallest absolute Gasteiger partial charge is 0.00413 e. The highest BCUT2D eigenvalue weighted by atomic mass is 14.6. The molecule has 1 saturated carbocycles. The van der Waals surface area contributed by atoms with Crippen molar-refractivity contribution < 1.29 is 0 Å². The molecular formula is C10H12. The highest BCUT2D eigenvalue weighted by molar-refractivity contribution is 5.27. The highest BCUT2D eigenvalue weighted by Crippen LogP contribution is 2.62. The van der Waals surface area contributed by atoms with Crippen molar-refractivity contribution in [3.63, 3.8) is 0 Å². The number of fused-ring (bicyclic) bond motifs is 2. The Bertz CT molecular complexity index is 224. The van der Waals surface area contributed by atoms with Gasteiger partial charge in [0.05, 0.1) is 0 Å². The Hall–Kier alpha value is -0.520. The molecule has 3 rings (SSSR count). The lowest BCUT2D eigenvalue weighted by Crippen LogP contribution is -2.45. The number of rotatable bonds is 0. The Balaban J connectivity index is 2.07. The van der Waals surface area contributed by atoms with Crippen LogP contribution < -0.4 is 0 Å². The fourth-order valence-corrected chi connectivity index (χ4v) is 3.02. The van der Waals surface area contributed by atoms with Gasteiger partial charge >= 0.3 is 0 Å². The first-order valence-corrected chi connectivity index (χ1v) is 4.25. The molecule has 3 atom stereocenters. The molecule has 3 aliphatic carbocycles. The SMILES string of the molecule is C1=CC23CC=CC(C2)C3C1. The monoisotopic (exact) mass is 132 g/mol. The first kappa shape index (κ1) is 5.17. The van der Waals surface area contributed by atoms with Crippen LogP contribution in [0, 0.1) is 17.3 Å². The van der Waals surface area contributed by atoms with Gasteiger partial charge in [0.2, 0.25) is 0 Å². The fourth-order valence-electron chi connectivity index (χ4n) is 3.02. The zero-order valence-electron chi connectivity index (χ0n) is 6.09. The van der Waals surface area contributed by atoms with Gasteiger partial charge in [-0.3, -0.25) is 0 Å². The van der Waals surface area contributed by atoms with E-state index in [1.807, 2.05) is 0 Å². The third-order valence-corrected chi connectivity index (χ3v) is 3.59. The molecule has 0 aromatic carbocycles. The van der Waals surface area contributed by atoms with Crippen LogP contribution in [0.1, 0.15) is 19.3 Å². The second kappa shape index (κ2) is 1.39. The van der Waals surface area contributed by atoms with Crippen molar-refractivity contribution in [2.45, 2.75) is 19.3 Å². The van der Waals surface area contributed by atoms with E-state index in [4.69, 9.17) is 0 Å². The normalized spacial score (nSPS) is 54.4. The maximum Gasteiger partial charge on any atom is -0.00413 e. The predicted molar refractivity (Wildman–Crippen MR) is 41.5 cm³/mol. The van der Waals surface area contributed by atoms with E-state index < -0.39 is 0 Å². The summed E-state index contributed by atoms with van der Waals surface area (Å²) in [5.41, 5.74) is 0.666. The van der Waals surface area contributed by atoms with E-state index in [2.05, 4.69) is 24.3 Å². The van der Waals surface area contributed by atoms with Gasteiger partial charge in [-0.25, -0.2) is 0 Å². The van der Waals surface area contributed by atoms with Gasteiger partial charge in [-0.15, -0.1) is 0 Å². The summed E-state index contributed by atoms with van der Waals surface area (Å²) in [6, 6.07) is 0. The van der Waals surface area contributed by atoms with Gasteiger partial charge in [0.25, 0.3) is 0 Å². The summed E-state index contributed by atoms with van der Waals surface area (Å²) in [6.07, 6.45) is 13.8. The summed E-state index contributed by atoms with van der Waals surface area (Å²) in [4.78, 5) is 0. The van der Waals surface area contributed by atoms with E-state index in [1.54, 1.807) is 0 Å².